The largest absolute Gasteiger partial charge is 0.464 e. The van der Waals surface area contributed by atoms with E-state index in [4.69, 9.17) is 4.74 Å². The summed E-state index contributed by atoms with van der Waals surface area (Å²) >= 11 is 0. The van der Waals surface area contributed by atoms with Crippen LogP contribution in [0.5, 0.6) is 0 Å². The highest BCUT2D eigenvalue weighted by atomic mass is 16.5. The fourth-order valence-corrected chi connectivity index (χ4v) is 0.513. The van der Waals surface area contributed by atoms with E-state index in [1.807, 2.05) is 0 Å². The second-order valence-electron chi connectivity index (χ2n) is 2.07. The third kappa shape index (κ3) is 5.46. The van der Waals surface area contributed by atoms with Gasteiger partial charge in [-0.1, -0.05) is 13.5 Å². The molecule has 0 aromatic heterocycles. The molecule has 0 saturated heterocycles. The van der Waals surface area contributed by atoms with Gasteiger partial charge in [0, 0.05) is 6.42 Å². The molecule has 1 amide bonds. The van der Waals surface area contributed by atoms with Crippen LogP contribution in [0.2, 0.25) is 0 Å². The van der Waals surface area contributed by atoms with Gasteiger partial charge in [-0.25, -0.2) is 0 Å². The molecule has 0 aliphatic carbocycles. The molecule has 0 radical (unpaired) electrons. The highest BCUT2D eigenvalue weighted by molar-refractivity contribution is 5.86. The number of hydrogen-bond donors (Lipinski definition) is 1. The van der Waals surface area contributed by atoms with Crippen LogP contribution in [0, 0.1) is 0 Å². The summed E-state index contributed by atoms with van der Waals surface area (Å²) in [4.78, 5) is 21.1. The van der Waals surface area contributed by atoms with E-state index in [0.29, 0.717) is 13.0 Å². The molecule has 0 spiro atoms. The summed E-state index contributed by atoms with van der Waals surface area (Å²) in [7, 11) is 0. The number of hydrogen-bond acceptors (Lipinski definition) is 3. The normalized spacial score (nSPS) is 8.75. The molecule has 4 heteroatoms. The van der Waals surface area contributed by atoms with Gasteiger partial charge in [-0.2, -0.15) is 0 Å². The minimum atomic E-state index is -0.262. The maximum atomic E-state index is 10.6. The molecule has 0 aliphatic rings. The number of esters is 1. The molecule has 0 fully saturated rings. The molecule has 0 bridgehead atoms. The van der Waals surface area contributed by atoms with Crippen LogP contribution in [0.3, 0.4) is 0 Å². The van der Waals surface area contributed by atoms with E-state index < -0.39 is 0 Å². The van der Waals surface area contributed by atoms with E-state index in [2.05, 4.69) is 11.9 Å². The molecule has 0 atom stereocenters. The van der Waals surface area contributed by atoms with Crippen LogP contribution in [0.15, 0.2) is 12.7 Å². The lowest BCUT2D eigenvalue weighted by Crippen LogP contribution is -2.26. The molecule has 0 aromatic carbocycles. The first-order valence-corrected chi connectivity index (χ1v) is 3.76. The number of nitrogens with one attached hydrogen (secondary N) is 1. The minimum Gasteiger partial charge on any atom is -0.464 e. The predicted molar refractivity (Wildman–Crippen MR) is 44.5 cm³/mol. The molecule has 0 saturated carbocycles. The van der Waals surface area contributed by atoms with Gasteiger partial charge in [-0.3, -0.25) is 9.59 Å². The van der Waals surface area contributed by atoms with Crippen LogP contribution < -0.4 is 5.32 Å². The Morgan fingerprint density at radius 1 is 1.58 bits per heavy atom. The lowest BCUT2D eigenvalue weighted by molar-refractivity contribution is -0.143. The highest BCUT2D eigenvalue weighted by Crippen LogP contribution is 1.82. The van der Waals surface area contributed by atoms with Crippen LogP contribution in [-0.4, -0.2) is 25.0 Å². The summed E-state index contributed by atoms with van der Waals surface area (Å²) in [5.41, 5.74) is 0. The molecule has 0 unspecified atom stereocenters. The Kier molecular flexibility index (Phi) is 5.69. The highest BCUT2D eigenvalue weighted by Gasteiger charge is 1.97. The molecule has 4 nitrogen and oxygen atoms in total. The van der Waals surface area contributed by atoms with E-state index in [1.54, 1.807) is 6.92 Å². The summed E-state index contributed by atoms with van der Waals surface area (Å²) < 4.78 is 4.70. The number of carbonyl (C=O) groups is 2. The molecular weight excluding hydrogens is 158 g/mol. The predicted octanol–water partition coefficient (Wildman–Crippen LogP) is 0.242. The van der Waals surface area contributed by atoms with Gasteiger partial charge in [-0.15, -0.1) is 0 Å². The van der Waals surface area contributed by atoms with Crippen LogP contribution in [0.25, 0.3) is 0 Å². The zero-order valence-corrected chi connectivity index (χ0v) is 7.13. The molecule has 0 heterocycles. The quantitative estimate of drug-likeness (QED) is 0.366. The van der Waals surface area contributed by atoms with Crippen molar-refractivity contribution in [1.29, 1.82) is 0 Å². The van der Waals surface area contributed by atoms with E-state index >= 15 is 0 Å². The Labute approximate surface area is 71.6 Å². The van der Waals surface area contributed by atoms with Crippen LogP contribution in [0.1, 0.15) is 13.3 Å². The van der Waals surface area contributed by atoms with Crippen molar-refractivity contribution < 1.29 is 14.3 Å². The fraction of sp³-hybridized carbons (Fsp3) is 0.500. The van der Waals surface area contributed by atoms with Crippen molar-refractivity contribution in [1.82, 2.24) is 5.32 Å². The summed E-state index contributed by atoms with van der Waals surface area (Å²) in [6.45, 7) is 5.53. The number of carbonyl (C=O) groups excluding carboxylic acids is 2. The third-order valence-corrected chi connectivity index (χ3v) is 1.14. The van der Waals surface area contributed by atoms with Crippen molar-refractivity contribution in [2.75, 3.05) is 13.2 Å². The SMILES string of the molecule is C=CC(=O)NCCOC(=O)CC. The minimum absolute atomic E-state index is 0.215. The Balaban J connectivity index is 3.27. The van der Waals surface area contributed by atoms with Crippen LogP contribution in [-0.2, 0) is 14.3 Å². The first-order chi connectivity index (χ1) is 5.70. The van der Waals surface area contributed by atoms with E-state index in [0.717, 1.165) is 0 Å². The van der Waals surface area contributed by atoms with Crippen molar-refractivity contribution in [2.24, 2.45) is 0 Å². The van der Waals surface area contributed by atoms with Crippen molar-refractivity contribution in [3.63, 3.8) is 0 Å². The average molecular weight is 171 g/mol. The van der Waals surface area contributed by atoms with E-state index in [1.165, 1.54) is 6.08 Å². The van der Waals surface area contributed by atoms with E-state index in [-0.39, 0.29) is 18.5 Å². The van der Waals surface area contributed by atoms with Gasteiger partial charge in [0.15, 0.2) is 0 Å². The monoisotopic (exact) mass is 171 g/mol. The second kappa shape index (κ2) is 6.39. The van der Waals surface area contributed by atoms with Gasteiger partial charge in [0.05, 0.1) is 6.54 Å². The Morgan fingerprint density at radius 2 is 2.25 bits per heavy atom. The molecular formula is C8H13NO3. The number of rotatable bonds is 5. The summed E-state index contributed by atoms with van der Waals surface area (Å²) in [6.07, 6.45) is 1.52. The average Bonchev–Trinajstić information content (AvgIpc) is 2.11. The number of amides is 1. The van der Waals surface area contributed by atoms with Crippen molar-refractivity contribution in [3.05, 3.63) is 12.7 Å². The van der Waals surface area contributed by atoms with Gasteiger partial charge in [0.1, 0.15) is 6.61 Å². The standard InChI is InChI=1S/C8H13NO3/c1-3-7(10)9-5-6-12-8(11)4-2/h3H,1,4-6H2,2H3,(H,9,10). The smallest absolute Gasteiger partial charge is 0.305 e. The molecule has 0 rings (SSSR count). The van der Waals surface area contributed by atoms with Gasteiger partial charge >= 0.3 is 5.97 Å². The van der Waals surface area contributed by atoms with Gasteiger partial charge in [0.25, 0.3) is 0 Å². The first kappa shape index (κ1) is 10.7. The van der Waals surface area contributed by atoms with Crippen molar-refractivity contribution >= 4 is 11.9 Å². The zero-order chi connectivity index (χ0) is 9.40. The Morgan fingerprint density at radius 3 is 2.75 bits per heavy atom. The second-order valence-corrected chi connectivity index (χ2v) is 2.07. The first-order valence-electron chi connectivity index (χ1n) is 3.76. The zero-order valence-electron chi connectivity index (χ0n) is 7.13. The summed E-state index contributed by atoms with van der Waals surface area (Å²) in [5.74, 6) is -0.523. The van der Waals surface area contributed by atoms with Gasteiger partial charge < -0.3 is 10.1 Å². The van der Waals surface area contributed by atoms with E-state index in [9.17, 15) is 9.59 Å². The molecule has 1 N–H and O–H groups in total. The molecule has 68 valence electrons. The molecule has 0 aliphatic heterocycles. The van der Waals surface area contributed by atoms with Gasteiger partial charge in [-0.05, 0) is 6.08 Å². The van der Waals surface area contributed by atoms with Gasteiger partial charge in [0.2, 0.25) is 5.91 Å². The van der Waals surface area contributed by atoms with Crippen LogP contribution >= 0.6 is 0 Å². The van der Waals surface area contributed by atoms with Crippen molar-refractivity contribution in [3.8, 4) is 0 Å². The lowest BCUT2D eigenvalue weighted by atomic mass is 10.5. The Hall–Kier alpha value is -1.32. The number of ether oxygens (including phenoxy) is 1. The maximum absolute atomic E-state index is 10.6. The lowest BCUT2D eigenvalue weighted by Gasteiger charge is -2.02. The summed E-state index contributed by atoms with van der Waals surface area (Å²) in [5, 5.41) is 2.48. The topological polar surface area (TPSA) is 55.4 Å². The maximum Gasteiger partial charge on any atom is 0.305 e. The summed E-state index contributed by atoms with van der Waals surface area (Å²) in [6, 6.07) is 0. The molecule has 12 heavy (non-hydrogen) atoms. The third-order valence-electron chi connectivity index (χ3n) is 1.14. The van der Waals surface area contributed by atoms with Crippen LogP contribution in [0.4, 0.5) is 0 Å². The van der Waals surface area contributed by atoms with Crippen molar-refractivity contribution in [2.45, 2.75) is 13.3 Å². The Bertz CT molecular complexity index is 177. The fourth-order valence-electron chi connectivity index (χ4n) is 0.513. The molecule has 0 aromatic rings.